The minimum atomic E-state index is 0.127. The molecule has 1 saturated heterocycles. The molecule has 1 N–H and O–H groups in total. The monoisotopic (exact) mass is 262 g/mol. The van der Waals surface area contributed by atoms with Crippen LogP contribution in [0.15, 0.2) is 24.3 Å². The van der Waals surface area contributed by atoms with Crippen LogP contribution in [0.5, 0.6) is 0 Å². The first kappa shape index (κ1) is 14.0. The molecule has 0 saturated carbocycles. The number of likely N-dealkylation sites (N-methyl/N-ethyl adjacent to an activating group) is 1. The lowest BCUT2D eigenvalue weighted by molar-refractivity contribution is 0.00353. The van der Waals surface area contributed by atoms with Crippen LogP contribution in [0.3, 0.4) is 0 Å². The third-order valence-corrected chi connectivity index (χ3v) is 3.52. The summed E-state index contributed by atoms with van der Waals surface area (Å²) in [6.07, 6.45) is 0.872. The summed E-state index contributed by atoms with van der Waals surface area (Å²) in [6, 6.07) is 8.04. The predicted molar refractivity (Wildman–Crippen MR) is 75.4 cm³/mol. The molecular weight excluding hydrogens is 240 g/mol. The number of hydrogen-bond donors (Lipinski definition) is 1. The number of amides is 1. The van der Waals surface area contributed by atoms with Crippen LogP contribution >= 0.6 is 0 Å². The zero-order valence-corrected chi connectivity index (χ0v) is 11.7. The van der Waals surface area contributed by atoms with Crippen molar-refractivity contribution in [3.63, 3.8) is 0 Å². The predicted octanol–water partition coefficient (Wildman–Crippen LogP) is 1.31. The second kappa shape index (κ2) is 6.68. The number of carbonyl (C=O) groups is 1. The molecule has 1 aromatic carbocycles. The average molecular weight is 262 g/mol. The smallest absolute Gasteiger partial charge is 0.254 e. The van der Waals surface area contributed by atoms with Crippen LogP contribution in [-0.4, -0.2) is 50.2 Å². The van der Waals surface area contributed by atoms with Crippen LogP contribution < -0.4 is 5.32 Å². The Bertz CT molecular complexity index is 434. The molecule has 1 aliphatic heterocycles. The molecule has 1 amide bonds. The topological polar surface area (TPSA) is 41.6 Å². The van der Waals surface area contributed by atoms with Crippen molar-refractivity contribution in [1.29, 1.82) is 0 Å². The van der Waals surface area contributed by atoms with E-state index in [1.54, 1.807) is 0 Å². The van der Waals surface area contributed by atoms with Crippen LogP contribution in [0.4, 0.5) is 0 Å². The zero-order chi connectivity index (χ0) is 13.7. The molecule has 0 bridgehead atoms. The number of morpholine rings is 1. The van der Waals surface area contributed by atoms with Crippen LogP contribution in [0.25, 0.3) is 0 Å². The molecular formula is C15H22N2O2. The first-order valence-corrected chi connectivity index (χ1v) is 6.85. The van der Waals surface area contributed by atoms with Gasteiger partial charge < -0.3 is 15.0 Å². The number of nitrogens with zero attached hydrogens (tertiary/aromatic N) is 1. The lowest BCUT2D eigenvalue weighted by Crippen LogP contribution is -2.47. The number of carbonyl (C=O) groups excluding carboxylic acids is 1. The van der Waals surface area contributed by atoms with E-state index in [-0.39, 0.29) is 11.9 Å². The van der Waals surface area contributed by atoms with Gasteiger partial charge in [-0.25, -0.2) is 0 Å². The maximum Gasteiger partial charge on any atom is 0.254 e. The van der Waals surface area contributed by atoms with Crippen LogP contribution in [-0.2, 0) is 11.2 Å². The molecule has 4 nitrogen and oxygen atoms in total. The minimum Gasteiger partial charge on any atom is -0.377 e. The molecule has 0 spiro atoms. The molecule has 104 valence electrons. The summed E-state index contributed by atoms with van der Waals surface area (Å²) < 4.78 is 5.39. The molecule has 1 atom stereocenters. The van der Waals surface area contributed by atoms with Gasteiger partial charge in [0.2, 0.25) is 0 Å². The van der Waals surface area contributed by atoms with Gasteiger partial charge in [-0.05, 0) is 38.6 Å². The minimum absolute atomic E-state index is 0.127. The Hall–Kier alpha value is -1.39. The molecule has 0 aliphatic carbocycles. The Morgan fingerprint density at radius 1 is 1.47 bits per heavy atom. The maximum atomic E-state index is 12.6. The fraction of sp³-hybridized carbons (Fsp3) is 0.533. The van der Waals surface area contributed by atoms with Gasteiger partial charge in [0.15, 0.2) is 0 Å². The highest BCUT2D eigenvalue weighted by molar-refractivity contribution is 5.96. The van der Waals surface area contributed by atoms with Crippen molar-refractivity contribution < 1.29 is 9.53 Å². The summed E-state index contributed by atoms with van der Waals surface area (Å²) in [5, 5.41) is 3.13. The fourth-order valence-electron chi connectivity index (χ4n) is 2.39. The number of hydrogen-bond acceptors (Lipinski definition) is 3. The van der Waals surface area contributed by atoms with Crippen molar-refractivity contribution >= 4 is 5.91 Å². The van der Waals surface area contributed by atoms with E-state index in [2.05, 4.69) is 5.32 Å². The zero-order valence-electron chi connectivity index (χ0n) is 11.7. The largest absolute Gasteiger partial charge is 0.377 e. The van der Waals surface area contributed by atoms with E-state index in [9.17, 15) is 4.79 Å². The molecule has 0 aromatic heterocycles. The van der Waals surface area contributed by atoms with Gasteiger partial charge in [-0.1, -0.05) is 18.2 Å². The molecule has 1 aliphatic rings. The fourth-order valence-corrected chi connectivity index (χ4v) is 2.39. The Balaban J connectivity index is 2.17. The van der Waals surface area contributed by atoms with Crippen molar-refractivity contribution in [2.45, 2.75) is 19.4 Å². The number of ether oxygens (including phenoxy) is 1. The molecule has 1 fully saturated rings. The van der Waals surface area contributed by atoms with Gasteiger partial charge >= 0.3 is 0 Å². The molecule has 19 heavy (non-hydrogen) atoms. The van der Waals surface area contributed by atoms with Crippen LogP contribution in [0.2, 0.25) is 0 Å². The molecule has 4 heteroatoms. The van der Waals surface area contributed by atoms with E-state index in [1.165, 1.54) is 0 Å². The van der Waals surface area contributed by atoms with Gasteiger partial charge in [0.1, 0.15) is 0 Å². The van der Waals surface area contributed by atoms with Gasteiger partial charge in [0, 0.05) is 12.1 Å². The molecule has 2 rings (SSSR count). The second-order valence-electron chi connectivity index (χ2n) is 4.93. The first-order valence-electron chi connectivity index (χ1n) is 6.85. The Morgan fingerprint density at radius 2 is 2.26 bits per heavy atom. The van der Waals surface area contributed by atoms with E-state index < -0.39 is 0 Å². The van der Waals surface area contributed by atoms with Gasteiger partial charge in [0.25, 0.3) is 5.91 Å². The van der Waals surface area contributed by atoms with Crippen molar-refractivity contribution in [2.24, 2.45) is 0 Å². The Kier molecular flexibility index (Phi) is 4.93. The van der Waals surface area contributed by atoms with Crippen molar-refractivity contribution in [2.75, 3.05) is 33.4 Å². The summed E-state index contributed by atoms with van der Waals surface area (Å²) in [5.74, 6) is 0.127. The highest BCUT2D eigenvalue weighted by Gasteiger charge is 2.25. The molecule has 1 aromatic rings. The third kappa shape index (κ3) is 3.33. The van der Waals surface area contributed by atoms with E-state index in [0.717, 1.165) is 24.1 Å². The molecule has 0 unspecified atom stereocenters. The van der Waals surface area contributed by atoms with Gasteiger partial charge in [-0.3, -0.25) is 4.79 Å². The lowest BCUT2D eigenvalue weighted by Gasteiger charge is -2.33. The standard InChI is InChI=1S/C15H22N2O2/c1-12-11-19-10-9-17(12)15(18)14-6-4-3-5-13(14)7-8-16-2/h3-6,12,16H,7-11H2,1-2H3/t12-/m1/s1. The highest BCUT2D eigenvalue weighted by atomic mass is 16.5. The van der Waals surface area contributed by atoms with Gasteiger partial charge in [-0.15, -0.1) is 0 Å². The van der Waals surface area contributed by atoms with Crippen LogP contribution in [0, 0.1) is 0 Å². The number of nitrogens with one attached hydrogen (secondary N) is 1. The summed E-state index contributed by atoms with van der Waals surface area (Å²) in [6.45, 7) is 4.86. The highest BCUT2D eigenvalue weighted by Crippen LogP contribution is 2.16. The number of rotatable bonds is 4. The van der Waals surface area contributed by atoms with Gasteiger partial charge in [-0.2, -0.15) is 0 Å². The second-order valence-corrected chi connectivity index (χ2v) is 4.93. The molecule has 0 radical (unpaired) electrons. The lowest BCUT2D eigenvalue weighted by atomic mass is 10.0. The Morgan fingerprint density at radius 3 is 3.00 bits per heavy atom. The SMILES string of the molecule is CNCCc1ccccc1C(=O)N1CCOC[C@H]1C. The quantitative estimate of drug-likeness (QED) is 0.889. The van der Waals surface area contributed by atoms with Gasteiger partial charge in [0.05, 0.1) is 19.3 Å². The van der Waals surface area contributed by atoms with E-state index >= 15 is 0 Å². The summed E-state index contributed by atoms with van der Waals surface area (Å²) in [5.41, 5.74) is 1.94. The number of benzene rings is 1. The first-order chi connectivity index (χ1) is 9.24. The Labute approximate surface area is 114 Å². The van der Waals surface area contributed by atoms with Crippen molar-refractivity contribution in [3.05, 3.63) is 35.4 Å². The third-order valence-electron chi connectivity index (χ3n) is 3.52. The molecule has 1 heterocycles. The van der Waals surface area contributed by atoms with E-state index in [4.69, 9.17) is 4.74 Å². The van der Waals surface area contributed by atoms with E-state index in [1.807, 2.05) is 43.1 Å². The average Bonchev–Trinajstić information content (AvgIpc) is 2.45. The van der Waals surface area contributed by atoms with Crippen molar-refractivity contribution in [1.82, 2.24) is 10.2 Å². The summed E-state index contributed by atoms with van der Waals surface area (Å²) >= 11 is 0. The maximum absolute atomic E-state index is 12.6. The normalized spacial score (nSPS) is 19.5. The van der Waals surface area contributed by atoms with Crippen LogP contribution in [0.1, 0.15) is 22.8 Å². The van der Waals surface area contributed by atoms with Crippen molar-refractivity contribution in [3.8, 4) is 0 Å². The van der Waals surface area contributed by atoms with E-state index in [0.29, 0.717) is 19.8 Å². The summed E-state index contributed by atoms with van der Waals surface area (Å²) in [4.78, 5) is 14.6. The summed E-state index contributed by atoms with van der Waals surface area (Å²) in [7, 11) is 1.93.